The summed E-state index contributed by atoms with van der Waals surface area (Å²) in [5, 5.41) is 7.61. The van der Waals surface area contributed by atoms with Gasteiger partial charge in [0.25, 0.3) is 0 Å². The van der Waals surface area contributed by atoms with Gasteiger partial charge in [-0.2, -0.15) is 13.2 Å². The maximum atomic E-state index is 12.8. The Morgan fingerprint density at radius 3 is 2.62 bits per heavy atom. The summed E-state index contributed by atoms with van der Waals surface area (Å²) in [6.45, 7) is 0.0371. The van der Waals surface area contributed by atoms with Gasteiger partial charge in [-0.05, 0) is 37.0 Å². The van der Waals surface area contributed by atoms with E-state index in [2.05, 4.69) is 5.32 Å². The van der Waals surface area contributed by atoms with E-state index in [1.54, 1.807) is 6.07 Å². The Kier molecular flexibility index (Phi) is 5.54. The maximum Gasteiger partial charge on any atom is 0.391 e. The van der Waals surface area contributed by atoms with Crippen molar-refractivity contribution in [1.82, 2.24) is 5.32 Å². The minimum absolute atomic E-state index is 0.0371. The van der Waals surface area contributed by atoms with Gasteiger partial charge in [0.1, 0.15) is 0 Å². The van der Waals surface area contributed by atoms with Gasteiger partial charge in [-0.15, -0.1) is 0 Å². The molecule has 1 aromatic rings. The SMILES string of the molecule is NS(=O)(=O)c1cccc(CNC(=O)C2CCCC(C(F)(F)F)C2)c1. The molecule has 24 heavy (non-hydrogen) atoms. The number of nitrogens with two attached hydrogens (primary N) is 1. The lowest BCUT2D eigenvalue weighted by atomic mass is 9.80. The second-order valence-corrected chi connectivity index (χ2v) is 7.57. The van der Waals surface area contributed by atoms with Crippen molar-refractivity contribution in [1.29, 1.82) is 0 Å². The number of carbonyl (C=O) groups is 1. The average molecular weight is 364 g/mol. The number of amides is 1. The third-order valence-corrected chi connectivity index (χ3v) is 5.11. The molecule has 0 saturated heterocycles. The molecule has 2 unspecified atom stereocenters. The largest absolute Gasteiger partial charge is 0.391 e. The number of primary sulfonamides is 1. The fraction of sp³-hybridized carbons (Fsp3) is 0.533. The molecule has 0 radical (unpaired) electrons. The number of benzene rings is 1. The zero-order valence-corrected chi connectivity index (χ0v) is 13.7. The van der Waals surface area contributed by atoms with Gasteiger partial charge in [0.15, 0.2) is 0 Å². The fourth-order valence-corrected chi connectivity index (χ4v) is 3.48. The third-order valence-electron chi connectivity index (χ3n) is 4.20. The normalized spacial score (nSPS) is 22.2. The Morgan fingerprint density at radius 2 is 2.00 bits per heavy atom. The van der Waals surface area contributed by atoms with Gasteiger partial charge in [0, 0.05) is 12.5 Å². The Labute approximate surface area is 138 Å². The van der Waals surface area contributed by atoms with Crippen molar-refractivity contribution in [2.45, 2.75) is 43.3 Å². The maximum absolute atomic E-state index is 12.8. The summed E-state index contributed by atoms with van der Waals surface area (Å²) in [7, 11) is -3.85. The van der Waals surface area contributed by atoms with E-state index < -0.39 is 33.9 Å². The van der Waals surface area contributed by atoms with Crippen molar-refractivity contribution in [3.8, 4) is 0 Å². The Hall–Kier alpha value is -1.61. The summed E-state index contributed by atoms with van der Waals surface area (Å²) in [6.07, 6.45) is -3.63. The number of alkyl halides is 3. The number of carbonyl (C=O) groups excluding carboxylic acids is 1. The Morgan fingerprint density at radius 1 is 1.29 bits per heavy atom. The van der Waals surface area contributed by atoms with Gasteiger partial charge >= 0.3 is 6.18 Å². The van der Waals surface area contributed by atoms with E-state index in [9.17, 15) is 26.4 Å². The van der Waals surface area contributed by atoms with Crippen LogP contribution in [0, 0.1) is 11.8 Å². The first-order chi connectivity index (χ1) is 11.1. The van der Waals surface area contributed by atoms with Gasteiger partial charge in [-0.1, -0.05) is 18.6 Å². The number of rotatable bonds is 4. The first-order valence-corrected chi connectivity index (χ1v) is 9.08. The summed E-state index contributed by atoms with van der Waals surface area (Å²) in [6, 6.07) is 5.75. The lowest BCUT2D eigenvalue weighted by Gasteiger charge is -2.29. The predicted molar refractivity (Wildman–Crippen MR) is 81.2 cm³/mol. The second-order valence-electron chi connectivity index (χ2n) is 6.01. The molecule has 0 aliphatic heterocycles. The summed E-state index contributed by atoms with van der Waals surface area (Å²) >= 11 is 0. The van der Waals surface area contributed by atoms with Gasteiger partial charge in [0.05, 0.1) is 10.8 Å². The summed E-state index contributed by atoms with van der Waals surface area (Å²) < 4.78 is 60.9. The summed E-state index contributed by atoms with van der Waals surface area (Å²) in [5.74, 6) is -2.55. The molecule has 134 valence electrons. The molecule has 1 aliphatic rings. The highest BCUT2D eigenvalue weighted by atomic mass is 32.2. The van der Waals surface area contributed by atoms with E-state index in [0.29, 0.717) is 18.4 Å². The molecule has 0 heterocycles. The van der Waals surface area contributed by atoms with E-state index in [4.69, 9.17) is 5.14 Å². The number of sulfonamides is 1. The molecule has 1 saturated carbocycles. The molecule has 2 atom stereocenters. The number of hydrogen-bond donors (Lipinski definition) is 2. The van der Waals surface area contributed by atoms with Gasteiger partial charge in [-0.3, -0.25) is 4.79 Å². The van der Waals surface area contributed by atoms with Crippen LogP contribution in [-0.2, 0) is 21.4 Å². The number of halogens is 3. The molecule has 0 bridgehead atoms. The highest BCUT2D eigenvalue weighted by molar-refractivity contribution is 7.89. The minimum atomic E-state index is -4.28. The van der Waals surface area contributed by atoms with Gasteiger partial charge in [0.2, 0.25) is 15.9 Å². The molecular formula is C15H19F3N2O3S. The Balaban J connectivity index is 1.96. The fourth-order valence-electron chi connectivity index (χ4n) is 2.89. The second kappa shape index (κ2) is 7.10. The Bertz CT molecular complexity index is 704. The smallest absolute Gasteiger partial charge is 0.352 e. The molecule has 0 spiro atoms. The first-order valence-electron chi connectivity index (χ1n) is 7.53. The van der Waals surface area contributed by atoms with Crippen LogP contribution in [0.2, 0.25) is 0 Å². The summed E-state index contributed by atoms with van der Waals surface area (Å²) in [5.41, 5.74) is 0.512. The molecule has 0 aromatic heterocycles. The van der Waals surface area contributed by atoms with Crippen LogP contribution in [0.25, 0.3) is 0 Å². The van der Waals surface area contributed by atoms with Crippen LogP contribution < -0.4 is 10.5 Å². The standard InChI is InChI=1S/C15H19F3N2O3S/c16-15(17,18)12-5-2-4-11(8-12)14(21)20-9-10-3-1-6-13(7-10)24(19,22)23/h1,3,6-7,11-12H,2,4-5,8-9H2,(H,20,21)(H2,19,22,23). The molecule has 1 aliphatic carbocycles. The van der Waals surface area contributed by atoms with Crippen molar-refractivity contribution < 1.29 is 26.4 Å². The van der Waals surface area contributed by atoms with Crippen LogP contribution in [0.1, 0.15) is 31.2 Å². The lowest BCUT2D eigenvalue weighted by Crippen LogP contribution is -2.37. The molecule has 2 rings (SSSR count). The predicted octanol–water partition coefficient (Wildman–Crippen LogP) is 2.32. The molecule has 1 fully saturated rings. The number of nitrogens with one attached hydrogen (secondary N) is 1. The highest BCUT2D eigenvalue weighted by Crippen LogP contribution is 2.39. The van der Waals surface area contributed by atoms with Crippen LogP contribution >= 0.6 is 0 Å². The lowest BCUT2D eigenvalue weighted by molar-refractivity contribution is -0.186. The van der Waals surface area contributed by atoms with Crippen molar-refractivity contribution in [3.05, 3.63) is 29.8 Å². The summed E-state index contributed by atoms with van der Waals surface area (Å²) in [4.78, 5) is 12.0. The molecule has 5 nitrogen and oxygen atoms in total. The van der Waals surface area contributed by atoms with Crippen LogP contribution in [0.3, 0.4) is 0 Å². The van der Waals surface area contributed by atoms with Crippen molar-refractivity contribution in [2.75, 3.05) is 0 Å². The molecule has 9 heteroatoms. The van der Waals surface area contributed by atoms with Crippen molar-refractivity contribution in [3.63, 3.8) is 0 Å². The molecular weight excluding hydrogens is 345 g/mol. The topological polar surface area (TPSA) is 89.3 Å². The van der Waals surface area contributed by atoms with Gasteiger partial charge in [-0.25, -0.2) is 13.6 Å². The molecule has 3 N–H and O–H groups in total. The van der Waals surface area contributed by atoms with Crippen LogP contribution in [0.4, 0.5) is 13.2 Å². The van der Waals surface area contributed by atoms with E-state index >= 15 is 0 Å². The number of hydrogen-bond acceptors (Lipinski definition) is 3. The van der Waals surface area contributed by atoms with Gasteiger partial charge < -0.3 is 5.32 Å². The monoisotopic (exact) mass is 364 g/mol. The van der Waals surface area contributed by atoms with E-state index in [1.807, 2.05) is 0 Å². The molecule has 1 aromatic carbocycles. The zero-order chi connectivity index (χ0) is 18.0. The zero-order valence-electron chi connectivity index (χ0n) is 12.8. The van der Waals surface area contributed by atoms with Crippen molar-refractivity contribution in [2.24, 2.45) is 17.0 Å². The van der Waals surface area contributed by atoms with Crippen LogP contribution in [0.5, 0.6) is 0 Å². The third kappa shape index (κ3) is 4.94. The van der Waals surface area contributed by atoms with Crippen LogP contribution in [-0.4, -0.2) is 20.5 Å². The minimum Gasteiger partial charge on any atom is -0.352 e. The van der Waals surface area contributed by atoms with E-state index in [0.717, 1.165) is 0 Å². The average Bonchev–Trinajstić information content (AvgIpc) is 2.51. The van der Waals surface area contributed by atoms with Crippen LogP contribution in [0.15, 0.2) is 29.2 Å². The van der Waals surface area contributed by atoms with Crippen molar-refractivity contribution >= 4 is 15.9 Å². The molecule has 1 amide bonds. The quantitative estimate of drug-likeness (QED) is 0.859. The highest BCUT2D eigenvalue weighted by Gasteiger charge is 2.43. The first kappa shape index (κ1) is 18.7. The van der Waals surface area contributed by atoms with E-state index in [-0.39, 0.29) is 24.3 Å². The van der Waals surface area contributed by atoms with E-state index in [1.165, 1.54) is 18.2 Å².